The van der Waals surface area contributed by atoms with Crippen molar-refractivity contribution in [1.82, 2.24) is 4.90 Å². The van der Waals surface area contributed by atoms with Crippen LogP contribution in [0.4, 0.5) is 0 Å². The molecule has 1 saturated heterocycles. The van der Waals surface area contributed by atoms with Gasteiger partial charge in [0.05, 0.1) is 32.5 Å². The van der Waals surface area contributed by atoms with Crippen molar-refractivity contribution in [1.29, 1.82) is 0 Å². The molecule has 1 rings (SSSR count). The molecule has 1 fully saturated rings. The monoisotopic (exact) mass is 403 g/mol. The number of ether oxygens (including phenoxy) is 4. The molecular weight excluding hydrogens is 373 g/mol. The second-order valence-electron chi connectivity index (χ2n) is 5.08. The van der Waals surface area contributed by atoms with Crippen LogP contribution < -0.4 is 0 Å². The third-order valence-electron chi connectivity index (χ3n) is 3.75. The third-order valence-corrected chi connectivity index (χ3v) is 3.75. The van der Waals surface area contributed by atoms with E-state index in [4.69, 9.17) is 18.9 Å². The molecule has 20 heavy (non-hydrogen) atoms. The standard InChI is InChI=1S/C14H29NO4.HI/c1-12(18-9-7-16-3)14-5-6-15(11-14)13(2)19-10-8-17-4;/h12-14H,5-11H2,1-4H3;1H. The minimum Gasteiger partial charge on any atom is -0.382 e. The summed E-state index contributed by atoms with van der Waals surface area (Å²) in [5, 5.41) is 0. The molecule has 0 aromatic carbocycles. The highest BCUT2D eigenvalue weighted by molar-refractivity contribution is 14.0. The number of hydrogen-bond acceptors (Lipinski definition) is 5. The Balaban J connectivity index is 0.00000361. The van der Waals surface area contributed by atoms with E-state index in [1.54, 1.807) is 14.2 Å². The Morgan fingerprint density at radius 2 is 1.60 bits per heavy atom. The van der Waals surface area contributed by atoms with Gasteiger partial charge in [0, 0.05) is 27.3 Å². The zero-order valence-electron chi connectivity index (χ0n) is 13.2. The van der Waals surface area contributed by atoms with Crippen LogP contribution >= 0.6 is 24.0 Å². The van der Waals surface area contributed by atoms with E-state index >= 15 is 0 Å². The Morgan fingerprint density at radius 3 is 2.20 bits per heavy atom. The van der Waals surface area contributed by atoms with Crippen molar-refractivity contribution in [3.8, 4) is 0 Å². The second kappa shape index (κ2) is 12.1. The zero-order chi connectivity index (χ0) is 14.1. The predicted octanol–water partition coefficient (Wildman–Crippen LogP) is 1.99. The van der Waals surface area contributed by atoms with Gasteiger partial charge in [-0.2, -0.15) is 0 Å². The Hall–Kier alpha value is 0.530. The van der Waals surface area contributed by atoms with Crippen LogP contribution in [0.25, 0.3) is 0 Å². The van der Waals surface area contributed by atoms with Gasteiger partial charge in [-0.25, -0.2) is 0 Å². The molecule has 0 aliphatic carbocycles. The summed E-state index contributed by atoms with van der Waals surface area (Å²) in [6.45, 7) is 9.02. The number of rotatable bonds is 10. The predicted molar refractivity (Wildman–Crippen MR) is 89.7 cm³/mol. The van der Waals surface area contributed by atoms with Gasteiger partial charge in [-0.1, -0.05) is 0 Å². The molecule has 122 valence electrons. The summed E-state index contributed by atoms with van der Waals surface area (Å²) in [6.07, 6.45) is 1.62. The number of hydrogen-bond donors (Lipinski definition) is 0. The lowest BCUT2D eigenvalue weighted by atomic mass is 10.0. The molecule has 0 spiro atoms. The van der Waals surface area contributed by atoms with E-state index in [0.717, 1.165) is 13.1 Å². The average molecular weight is 403 g/mol. The largest absolute Gasteiger partial charge is 0.382 e. The van der Waals surface area contributed by atoms with Crippen molar-refractivity contribution in [3.05, 3.63) is 0 Å². The van der Waals surface area contributed by atoms with Crippen molar-refractivity contribution in [2.24, 2.45) is 5.92 Å². The van der Waals surface area contributed by atoms with Gasteiger partial charge in [-0.3, -0.25) is 4.90 Å². The van der Waals surface area contributed by atoms with Crippen LogP contribution in [0.2, 0.25) is 0 Å². The molecule has 1 heterocycles. The van der Waals surface area contributed by atoms with Crippen LogP contribution in [-0.4, -0.2) is 71.0 Å². The van der Waals surface area contributed by atoms with Crippen molar-refractivity contribution in [3.63, 3.8) is 0 Å². The van der Waals surface area contributed by atoms with Gasteiger partial charge in [0.25, 0.3) is 0 Å². The SMILES string of the molecule is COCCOC(C)C1CCN(C(C)OCCOC)C1.I. The van der Waals surface area contributed by atoms with E-state index in [1.165, 1.54) is 6.42 Å². The van der Waals surface area contributed by atoms with Gasteiger partial charge in [-0.05, 0) is 26.2 Å². The van der Waals surface area contributed by atoms with Gasteiger partial charge >= 0.3 is 0 Å². The Morgan fingerprint density at radius 1 is 1.00 bits per heavy atom. The zero-order valence-corrected chi connectivity index (χ0v) is 15.5. The quantitative estimate of drug-likeness (QED) is 0.412. The van der Waals surface area contributed by atoms with Gasteiger partial charge in [0.2, 0.25) is 0 Å². The first-order chi connectivity index (χ1) is 9.19. The van der Waals surface area contributed by atoms with Crippen LogP contribution in [0.5, 0.6) is 0 Å². The lowest BCUT2D eigenvalue weighted by Crippen LogP contribution is -2.35. The fourth-order valence-corrected chi connectivity index (χ4v) is 2.39. The highest BCUT2D eigenvalue weighted by Crippen LogP contribution is 2.23. The van der Waals surface area contributed by atoms with Crippen molar-refractivity contribution in [2.45, 2.75) is 32.6 Å². The maximum absolute atomic E-state index is 5.78. The van der Waals surface area contributed by atoms with Gasteiger partial charge in [0.15, 0.2) is 0 Å². The third kappa shape index (κ3) is 7.51. The molecule has 0 aromatic heterocycles. The van der Waals surface area contributed by atoms with E-state index in [2.05, 4.69) is 18.7 Å². The maximum Gasteiger partial charge on any atom is 0.107 e. The highest BCUT2D eigenvalue weighted by atomic mass is 127. The molecule has 6 heteroatoms. The lowest BCUT2D eigenvalue weighted by Gasteiger charge is -2.25. The summed E-state index contributed by atoms with van der Waals surface area (Å²) in [5.41, 5.74) is 0. The molecule has 0 bridgehead atoms. The molecule has 3 atom stereocenters. The number of likely N-dealkylation sites (tertiary alicyclic amines) is 1. The second-order valence-corrected chi connectivity index (χ2v) is 5.08. The Bertz CT molecular complexity index is 211. The van der Waals surface area contributed by atoms with Gasteiger partial charge in [0.1, 0.15) is 6.23 Å². The minimum absolute atomic E-state index is 0. The topological polar surface area (TPSA) is 40.2 Å². The number of halogens is 1. The Labute approximate surface area is 140 Å². The number of nitrogens with zero attached hydrogens (tertiary/aromatic N) is 1. The molecule has 0 aromatic rings. The summed E-state index contributed by atoms with van der Waals surface area (Å²) < 4.78 is 21.5. The molecule has 1 aliphatic rings. The van der Waals surface area contributed by atoms with Crippen molar-refractivity contribution >= 4 is 24.0 Å². The van der Waals surface area contributed by atoms with Crippen LogP contribution in [0.3, 0.4) is 0 Å². The van der Waals surface area contributed by atoms with Crippen LogP contribution in [0.1, 0.15) is 20.3 Å². The number of methoxy groups -OCH3 is 2. The van der Waals surface area contributed by atoms with Crippen molar-refractivity contribution in [2.75, 3.05) is 53.7 Å². The van der Waals surface area contributed by atoms with Crippen LogP contribution in [0, 0.1) is 5.92 Å². The normalized spacial score (nSPS) is 22.5. The fourth-order valence-electron chi connectivity index (χ4n) is 2.39. The molecule has 0 radical (unpaired) electrons. The van der Waals surface area contributed by atoms with E-state index in [9.17, 15) is 0 Å². The van der Waals surface area contributed by atoms with Gasteiger partial charge in [-0.15, -0.1) is 24.0 Å². The summed E-state index contributed by atoms with van der Waals surface area (Å²) in [6, 6.07) is 0. The first kappa shape index (κ1) is 20.5. The van der Waals surface area contributed by atoms with E-state index in [1.807, 2.05) is 0 Å². The summed E-state index contributed by atoms with van der Waals surface area (Å²) in [5.74, 6) is 0.588. The Kier molecular flexibility index (Phi) is 12.4. The smallest absolute Gasteiger partial charge is 0.107 e. The van der Waals surface area contributed by atoms with E-state index < -0.39 is 0 Å². The molecule has 0 N–H and O–H groups in total. The molecule has 5 nitrogen and oxygen atoms in total. The molecule has 1 aliphatic heterocycles. The van der Waals surface area contributed by atoms with Crippen molar-refractivity contribution < 1.29 is 18.9 Å². The van der Waals surface area contributed by atoms with Crippen LogP contribution in [-0.2, 0) is 18.9 Å². The summed E-state index contributed by atoms with van der Waals surface area (Å²) in [7, 11) is 3.39. The first-order valence-corrected chi connectivity index (χ1v) is 7.14. The fraction of sp³-hybridized carbons (Fsp3) is 1.00. The average Bonchev–Trinajstić information content (AvgIpc) is 2.89. The van der Waals surface area contributed by atoms with Gasteiger partial charge < -0.3 is 18.9 Å². The van der Waals surface area contributed by atoms with E-state index in [0.29, 0.717) is 32.3 Å². The molecule has 0 amide bonds. The highest BCUT2D eigenvalue weighted by Gasteiger charge is 2.30. The first-order valence-electron chi connectivity index (χ1n) is 7.14. The summed E-state index contributed by atoms with van der Waals surface area (Å²) in [4.78, 5) is 2.37. The minimum atomic E-state index is 0. The molecule has 0 saturated carbocycles. The lowest BCUT2D eigenvalue weighted by molar-refractivity contribution is -0.0585. The molecule has 3 unspecified atom stereocenters. The maximum atomic E-state index is 5.78. The van der Waals surface area contributed by atoms with Crippen LogP contribution in [0.15, 0.2) is 0 Å². The summed E-state index contributed by atoms with van der Waals surface area (Å²) >= 11 is 0. The molecular formula is C14H30INO4. The van der Waals surface area contributed by atoms with E-state index in [-0.39, 0.29) is 36.3 Å².